The maximum Gasteiger partial charge on any atom is 0.220 e. The van der Waals surface area contributed by atoms with Gasteiger partial charge in [-0.25, -0.2) is 0 Å². The normalized spacial score (nSPS) is 10.5. The van der Waals surface area contributed by atoms with Crippen molar-refractivity contribution in [3.05, 3.63) is 45.1 Å². The first kappa shape index (κ1) is 20.0. The average molecular weight is 375 g/mol. The first-order chi connectivity index (χ1) is 12.4. The highest BCUT2D eigenvalue weighted by Crippen LogP contribution is 2.28. The van der Waals surface area contributed by atoms with Gasteiger partial charge in [-0.1, -0.05) is 6.07 Å². The van der Waals surface area contributed by atoms with Crippen molar-refractivity contribution in [1.29, 1.82) is 0 Å². The average Bonchev–Trinajstić information content (AvgIpc) is 2.97. The van der Waals surface area contributed by atoms with Crippen molar-refractivity contribution in [2.45, 2.75) is 40.2 Å². The minimum atomic E-state index is -0.143. The molecule has 26 heavy (non-hydrogen) atoms. The molecule has 1 N–H and O–H groups in total. The Morgan fingerprint density at radius 3 is 2.50 bits per heavy atom. The van der Waals surface area contributed by atoms with Crippen LogP contribution in [0.1, 0.15) is 45.4 Å². The lowest BCUT2D eigenvalue weighted by Gasteiger charge is -2.11. The summed E-state index contributed by atoms with van der Waals surface area (Å²) >= 11 is 1.60. The third-order valence-corrected chi connectivity index (χ3v) is 4.90. The van der Waals surface area contributed by atoms with Crippen LogP contribution in [0.25, 0.3) is 0 Å². The number of hydrogen-bond donors (Lipinski definition) is 1. The molecule has 0 spiro atoms. The molecule has 2 aromatic rings. The fraction of sp³-hybridized carbons (Fsp3) is 0.400. The van der Waals surface area contributed by atoms with Crippen LogP contribution in [-0.2, 0) is 11.3 Å². The number of methoxy groups -OCH3 is 1. The Balaban J connectivity index is 1.85. The maximum atomic E-state index is 12.2. The molecule has 0 unspecified atom stereocenters. The zero-order valence-electron chi connectivity index (χ0n) is 15.7. The van der Waals surface area contributed by atoms with Gasteiger partial charge in [0.15, 0.2) is 17.3 Å². The lowest BCUT2D eigenvalue weighted by atomic mass is 10.1. The highest BCUT2D eigenvalue weighted by molar-refractivity contribution is 7.12. The molecule has 0 saturated heterocycles. The number of aryl methyl sites for hydroxylation is 2. The van der Waals surface area contributed by atoms with Crippen molar-refractivity contribution in [3.63, 3.8) is 0 Å². The molecule has 0 aliphatic heterocycles. The third kappa shape index (κ3) is 5.33. The van der Waals surface area contributed by atoms with Crippen LogP contribution in [0.2, 0.25) is 0 Å². The Hall–Kier alpha value is -2.34. The van der Waals surface area contributed by atoms with Gasteiger partial charge in [-0.05, 0) is 44.5 Å². The number of thiophene rings is 1. The molecule has 0 bridgehead atoms. The van der Waals surface area contributed by atoms with E-state index >= 15 is 0 Å². The van der Waals surface area contributed by atoms with E-state index in [1.54, 1.807) is 18.4 Å². The van der Waals surface area contributed by atoms with Crippen molar-refractivity contribution in [2.24, 2.45) is 0 Å². The van der Waals surface area contributed by atoms with Crippen LogP contribution in [-0.4, -0.2) is 25.4 Å². The van der Waals surface area contributed by atoms with Gasteiger partial charge in [0.2, 0.25) is 5.91 Å². The van der Waals surface area contributed by atoms with E-state index in [0.717, 1.165) is 20.9 Å². The smallest absolute Gasteiger partial charge is 0.220 e. The zero-order valence-corrected chi connectivity index (χ0v) is 16.5. The van der Waals surface area contributed by atoms with Gasteiger partial charge < -0.3 is 14.8 Å². The summed E-state index contributed by atoms with van der Waals surface area (Å²) in [7, 11) is 1.58. The molecule has 2 rings (SSSR count). The summed E-state index contributed by atoms with van der Waals surface area (Å²) in [6.45, 7) is 6.76. The Bertz CT molecular complexity index is 782. The number of hydrogen-bond acceptors (Lipinski definition) is 5. The van der Waals surface area contributed by atoms with Gasteiger partial charge in [-0.15, -0.1) is 11.3 Å². The molecular weight excluding hydrogens is 350 g/mol. The Morgan fingerprint density at radius 1 is 1.12 bits per heavy atom. The van der Waals surface area contributed by atoms with E-state index < -0.39 is 0 Å². The lowest BCUT2D eigenvalue weighted by molar-refractivity contribution is -0.121. The van der Waals surface area contributed by atoms with Gasteiger partial charge in [-0.3, -0.25) is 9.59 Å². The van der Waals surface area contributed by atoms with E-state index in [1.807, 2.05) is 45.0 Å². The second-order valence-corrected chi connectivity index (χ2v) is 7.41. The summed E-state index contributed by atoms with van der Waals surface area (Å²) in [4.78, 5) is 26.4. The number of carbonyl (C=O) groups excluding carboxylic acids is 2. The van der Waals surface area contributed by atoms with Crippen LogP contribution in [0.4, 0.5) is 0 Å². The summed E-state index contributed by atoms with van der Waals surface area (Å²) in [5, 5.41) is 2.84. The molecule has 0 aliphatic rings. The molecular formula is C20H25NO4S. The summed E-state index contributed by atoms with van der Waals surface area (Å²) in [5.41, 5.74) is 1.64. The summed E-state index contributed by atoms with van der Waals surface area (Å²) in [5.74, 6) is 1.19. The minimum absolute atomic E-state index is 0.0183. The van der Waals surface area contributed by atoms with E-state index in [2.05, 4.69) is 5.32 Å². The quantitative estimate of drug-likeness (QED) is 0.672. The molecule has 5 nitrogen and oxygen atoms in total. The second-order valence-electron chi connectivity index (χ2n) is 5.95. The number of rotatable bonds is 9. The van der Waals surface area contributed by atoms with E-state index in [1.165, 1.54) is 0 Å². The zero-order chi connectivity index (χ0) is 19.1. The predicted octanol–water partition coefficient (Wildman–Crippen LogP) is 4.05. The van der Waals surface area contributed by atoms with Gasteiger partial charge in [0.1, 0.15) is 0 Å². The van der Waals surface area contributed by atoms with Crippen molar-refractivity contribution < 1.29 is 19.1 Å². The van der Waals surface area contributed by atoms with Gasteiger partial charge in [0, 0.05) is 34.7 Å². The number of nitrogens with one attached hydrogen (secondary N) is 1. The number of ketones is 1. The lowest BCUT2D eigenvalue weighted by Crippen LogP contribution is -2.23. The number of Topliss-reactive ketones (excluding diaryl/α,β-unsaturated/α-hetero) is 1. The highest BCUT2D eigenvalue weighted by atomic mass is 32.1. The Morgan fingerprint density at radius 2 is 1.88 bits per heavy atom. The fourth-order valence-corrected chi connectivity index (χ4v) is 3.60. The molecule has 0 fully saturated rings. The molecule has 0 saturated carbocycles. The summed E-state index contributed by atoms with van der Waals surface area (Å²) in [6, 6.07) is 7.45. The monoisotopic (exact) mass is 375 g/mol. The van der Waals surface area contributed by atoms with Crippen molar-refractivity contribution in [3.8, 4) is 11.5 Å². The summed E-state index contributed by atoms with van der Waals surface area (Å²) < 4.78 is 10.8. The fourth-order valence-electron chi connectivity index (χ4n) is 2.66. The first-order valence-electron chi connectivity index (χ1n) is 8.61. The molecule has 1 amide bonds. The van der Waals surface area contributed by atoms with E-state index in [4.69, 9.17) is 9.47 Å². The molecule has 0 aliphatic carbocycles. The third-order valence-electron chi connectivity index (χ3n) is 3.94. The Labute approximate surface area is 158 Å². The molecule has 0 radical (unpaired) electrons. The number of carbonyl (C=O) groups is 2. The van der Waals surface area contributed by atoms with Gasteiger partial charge in [-0.2, -0.15) is 0 Å². The topological polar surface area (TPSA) is 64.6 Å². The van der Waals surface area contributed by atoms with Crippen LogP contribution in [0.15, 0.2) is 24.3 Å². The molecule has 1 heterocycles. The first-order valence-corrected chi connectivity index (χ1v) is 9.42. The van der Waals surface area contributed by atoms with E-state index in [0.29, 0.717) is 24.7 Å². The molecule has 1 aromatic carbocycles. The summed E-state index contributed by atoms with van der Waals surface area (Å²) in [6.07, 6.45) is 0.400. The SMILES string of the molecule is CCOc1ccc(CNC(=O)CCC(=O)c2cc(C)sc2C)cc1OC. The van der Waals surface area contributed by atoms with E-state index in [9.17, 15) is 9.59 Å². The van der Waals surface area contributed by atoms with Crippen molar-refractivity contribution in [1.82, 2.24) is 5.32 Å². The van der Waals surface area contributed by atoms with Crippen LogP contribution in [0.3, 0.4) is 0 Å². The van der Waals surface area contributed by atoms with Crippen molar-refractivity contribution >= 4 is 23.0 Å². The minimum Gasteiger partial charge on any atom is -0.493 e. The van der Waals surface area contributed by atoms with Gasteiger partial charge in [0.05, 0.1) is 13.7 Å². The van der Waals surface area contributed by atoms with E-state index in [-0.39, 0.29) is 24.5 Å². The molecule has 1 aromatic heterocycles. The van der Waals surface area contributed by atoms with Gasteiger partial charge in [0.25, 0.3) is 0 Å². The largest absolute Gasteiger partial charge is 0.493 e. The van der Waals surface area contributed by atoms with Crippen molar-refractivity contribution in [2.75, 3.05) is 13.7 Å². The standard InChI is InChI=1S/C20H25NO4S/c1-5-25-18-8-6-15(11-19(18)24-4)12-21-20(23)9-7-17(22)16-10-13(2)26-14(16)3/h6,8,10-11H,5,7,9,12H2,1-4H3,(H,21,23). The van der Waals surface area contributed by atoms with Crippen LogP contribution >= 0.6 is 11.3 Å². The maximum absolute atomic E-state index is 12.2. The highest BCUT2D eigenvalue weighted by Gasteiger charge is 2.14. The second kappa shape index (κ2) is 9.38. The predicted molar refractivity (Wildman–Crippen MR) is 103 cm³/mol. The van der Waals surface area contributed by atoms with Crippen LogP contribution in [0, 0.1) is 13.8 Å². The molecule has 6 heteroatoms. The van der Waals surface area contributed by atoms with Crippen LogP contribution in [0.5, 0.6) is 11.5 Å². The molecule has 140 valence electrons. The van der Waals surface area contributed by atoms with Gasteiger partial charge >= 0.3 is 0 Å². The number of amides is 1. The number of benzene rings is 1. The number of ether oxygens (including phenoxy) is 2. The Kier molecular flexibility index (Phi) is 7.21. The van der Waals surface area contributed by atoms with Crippen LogP contribution < -0.4 is 14.8 Å². The molecule has 0 atom stereocenters.